The normalized spacial score (nSPS) is 11.8. The molecule has 0 aliphatic carbocycles. The van der Waals surface area contributed by atoms with Crippen LogP contribution in [0.3, 0.4) is 0 Å². The lowest BCUT2D eigenvalue weighted by Gasteiger charge is -2.25. The molecule has 15 heavy (non-hydrogen) atoms. The van der Waals surface area contributed by atoms with Crippen molar-refractivity contribution in [2.75, 3.05) is 0 Å². The van der Waals surface area contributed by atoms with Gasteiger partial charge in [-0.1, -0.05) is 26.0 Å². The van der Waals surface area contributed by atoms with Gasteiger partial charge in [-0.15, -0.1) is 0 Å². The minimum Gasteiger partial charge on any atom is -0.390 e. The molecule has 0 aliphatic rings. The quantitative estimate of drug-likeness (QED) is 0.816. The average molecular weight is 214 g/mol. The van der Waals surface area contributed by atoms with Gasteiger partial charge in [-0.2, -0.15) is 0 Å². The van der Waals surface area contributed by atoms with Crippen molar-refractivity contribution < 1.29 is 13.9 Å². The van der Waals surface area contributed by atoms with Crippen LogP contribution in [0.2, 0.25) is 0 Å². The van der Waals surface area contributed by atoms with Gasteiger partial charge in [-0.3, -0.25) is 0 Å². The Kier molecular flexibility index (Phi) is 3.80. The Morgan fingerprint density at radius 3 is 2.33 bits per heavy atom. The zero-order valence-electron chi connectivity index (χ0n) is 9.06. The van der Waals surface area contributed by atoms with Crippen molar-refractivity contribution in [2.24, 2.45) is 0 Å². The molecule has 0 saturated heterocycles. The number of rotatable bonds is 4. The van der Waals surface area contributed by atoms with Gasteiger partial charge in [0.15, 0.2) is 11.6 Å². The Morgan fingerprint density at radius 1 is 1.20 bits per heavy atom. The van der Waals surface area contributed by atoms with E-state index in [0.29, 0.717) is 12.8 Å². The van der Waals surface area contributed by atoms with Crippen LogP contribution in [-0.2, 0) is 6.42 Å². The van der Waals surface area contributed by atoms with E-state index in [0.717, 1.165) is 6.07 Å². The van der Waals surface area contributed by atoms with Gasteiger partial charge in [0.1, 0.15) is 0 Å². The van der Waals surface area contributed by atoms with Gasteiger partial charge in [0.25, 0.3) is 0 Å². The summed E-state index contributed by atoms with van der Waals surface area (Å²) < 4.78 is 26.2. The molecule has 0 amide bonds. The number of halogens is 2. The molecule has 3 heteroatoms. The predicted molar refractivity (Wildman–Crippen MR) is 55.6 cm³/mol. The zero-order valence-corrected chi connectivity index (χ0v) is 9.06. The first-order chi connectivity index (χ1) is 7.02. The monoisotopic (exact) mass is 214 g/mol. The molecule has 84 valence electrons. The Balaban J connectivity index is 2.94. The molecule has 1 aromatic rings. The van der Waals surface area contributed by atoms with E-state index in [9.17, 15) is 13.9 Å². The molecule has 0 atom stereocenters. The maximum atomic E-state index is 13.3. The highest BCUT2D eigenvalue weighted by atomic mass is 19.2. The molecule has 0 unspecified atom stereocenters. The SMILES string of the molecule is CCC(O)(CC)Cc1cccc(F)c1F. The van der Waals surface area contributed by atoms with Crippen molar-refractivity contribution in [1.29, 1.82) is 0 Å². The van der Waals surface area contributed by atoms with Crippen molar-refractivity contribution in [3.63, 3.8) is 0 Å². The first kappa shape index (κ1) is 12.1. The summed E-state index contributed by atoms with van der Waals surface area (Å²) in [7, 11) is 0. The van der Waals surface area contributed by atoms with Crippen molar-refractivity contribution in [1.82, 2.24) is 0 Å². The first-order valence-electron chi connectivity index (χ1n) is 5.17. The largest absolute Gasteiger partial charge is 0.390 e. The van der Waals surface area contributed by atoms with Gasteiger partial charge in [0.2, 0.25) is 0 Å². The summed E-state index contributed by atoms with van der Waals surface area (Å²) in [6.45, 7) is 3.67. The van der Waals surface area contributed by atoms with Crippen molar-refractivity contribution in [3.8, 4) is 0 Å². The first-order valence-corrected chi connectivity index (χ1v) is 5.17. The fourth-order valence-electron chi connectivity index (χ4n) is 1.54. The summed E-state index contributed by atoms with van der Waals surface area (Å²) in [5.74, 6) is -1.71. The maximum Gasteiger partial charge on any atom is 0.162 e. The summed E-state index contributed by atoms with van der Waals surface area (Å²) in [5.41, 5.74) is -0.699. The Morgan fingerprint density at radius 2 is 1.80 bits per heavy atom. The highest BCUT2D eigenvalue weighted by molar-refractivity contribution is 5.20. The summed E-state index contributed by atoms with van der Waals surface area (Å²) in [6, 6.07) is 4.05. The molecule has 0 radical (unpaired) electrons. The van der Waals surface area contributed by atoms with E-state index < -0.39 is 17.2 Å². The summed E-state index contributed by atoms with van der Waals surface area (Å²) in [4.78, 5) is 0. The second-order valence-corrected chi connectivity index (χ2v) is 3.82. The third kappa shape index (κ3) is 2.75. The van der Waals surface area contributed by atoms with Crippen molar-refractivity contribution >= 4 is 0 Å². The second kappa shape index (κ2) is 4.71. The summed E-state index contributed by atoms with van der Waals surface area (Å²) >= 11 is 0. The molecular formula is C12H16F2O. The topological polar surface area (TPSA) is 20.2 Å². The Bertz CT molecular complexity index is 332. The molecule has 0 aromatic heterocycles. The molecule has 1 rings (SSSR count). The van der Waals surface area contributed by atoms with E-state index in [1.54, 1.807) is 0 Å². The van der Waals surface area contributed by atoms with Crippen LogP contribution < -0.4 is 0 Å². The molecule has 1 aromatic carbocycles. The number of aliphatic hydroxyl groups is 1. The summed E-state index contributed by atoms with van der Waals surface area (Å²) in [5, 5.41) is 10.0. The lowest BCUT2D eigenvalue weighted by molar-refractivity contribution is 0.0317. The van der Waals surface area contributed by atoms with Crippen molar-refractivity contribution in [3.05, 3.63) is 35.4 Å². The van der Waals surface area contributed by atoms with Crippen LogP contribution in [0.25, 0.3) is 0 Å². The molecule has 0 bridgehead atoms. The van der Waals surface area contributed by atoms with Gasteiger partial charge < -0.3 is 5.11 Å². The van der Waals surface area contributed by atoms with Crippen LogP contribution in [0.4, 0.5) is 8.78 Å². The Labute approximate surface area is 88.7 Å². The fourth-order valence-corrected chi connectivity index (χ4v) is 1.54. The second-order valence-electron chi connectivity index (χ2n) is 3.82. The predicted octanol–water partition coefficient (Wildman–Crippen LogP) is 3.06. The van der Waals surface area contributed by atoms with Crippen LogP contribution in [0.1, 0.15) is 32.3 Å². The highest BCUT2D eigenvalue weighted by Gasteiger charge is 2.24. The molecule has 0 heterocycles. The fraction of sp³-hybridized carbons (Fsp3) is 0.500. The van der Waals surface area contributed by atoms with Crippen LogP contribution in [0, 0.1) is 11.6 Å². The maximum absolute atomic E-state index is 13.3. The van der Waals surface area contributed by atoms with Crippen LogP contribution in [0.5, 0.6) is 0 Å². The van der Waals surface area contributed by atoms with Gasteiger partial charge in [-0.05, 0) is 24.5 Å². The van der Waals surface area contributed by atoms with E-state index in [-0.39, 0.29) is 12.0 Å². The third-order valence-electron chi connectivity index (χ3n) is 2.87. The third-order valence-corrected chi connectivity index (χ3v) is 2.87. The molecular weight excluding hydrogens is 198 g/mol. The lowest BCUT2D eigenvalue weighted by atomic mass is 9.89. The minimum absolute atomic E-state index is 0.156. The van der Waals surface area contributed by atoms with Crippen LogP contribution in [0.15, 0.2) is 18.2 Å². The number of benzene rings is 1. The van der Waals surface area contributed by atoms with Crippen LogP contribution in [-0.4, -0.2) is 10.7 Å². The smallest absolute Gasteiger partial charge is 0.162 e. The molecule has 0 fully saturated rings. The zero-order chi connectivity index (χ0) is 11.5. The lowest BCUT2D eigenvalue weighted by Crippen LogP contribution is -2.30. The molecule has 0 saturated carbocycles. The average Bonchev–Trinajstić information content (AvgIpc) is 2.25. The van der Waals surface area contributed by atoms with Gasteiger partial charge >= 0.3 is 0 Å². The van der Waals surface area contributed by atoms with E-state index in [1.165, 1.54) is 12.1 Å². The van der Waals surface area contributed by atoms with E-state index >= 15 is 0 Å². The van der Waals surface area contributed by atoms with Gasteiger partial charge in [-0.25, -0.2) is 8.78 Å². The summed E-state index contributed by atoms with van der Waals surface area (Å²) in [6.07, 6.45) is 1.21. The van der Waals surface area contributed by atoms with Gasteiger partial charge in [0.05, 0.1) is 5.60 Å². The number of hydrogen-bond acceptors (Lipinski definition) is 1. The van der Waals surface area contributed by atoms with E-state index in [4.69, 9.17) is 0 Å². The highest BCUT2D eigenvalue weighted by Crippen LogP contribution is 2.23. The van der Waals surface area contributed by atoms with Crippen molar-refractivity contribution in [2.45, 2.75) is 38.7 Å². The van der Waals surface area contributed by atoms with E-state index in [2.05, 4.69) is 0 Å². The van der Waals surface area contributed by atoms with Crippen LogP contribution >= 0.6 is 0 Å². The van der Waals surface area contributed by atoms with E-state index in [1.807, 2.05) is 13.8 Å². The minimum atomic E-state index is -0.936. The number of hydrogen-bond donors (Lipinski definition) is 1. The van der Waals surface area contributed by atoms with Gasteiger partial charge in [0, 0.05) is 6.42 Å². The standard InChI is InChI=1S/C12H16F2O/c1-3-12(15,4-2)8-9-6-5-7-10(13)11(9)14/h5-7,15H,3-4,8H2,1-2H3. The Hall–Kier alpha value is -0.960. The molecule has 0 aliphatic heterocycles. The molecule has 1 N–H and O–H groups in total. The molecule has 0 spiro atoms. The molecule has 1 nitrogen and oxygen atoms in total.